The highest BCUT2D eigenvalue weighted by Crippen LogP contribution is 2.33. The van der Waals surface area contributed by atoms with Crippen LogP contribution in [0, 0.1) is 18.6 Å². The van der Waals surface area contributed by atoms with Crippen LogP contribution in [-0.2, 0) is 16.1 Å². The molecule has 0 saturated carbocycles. The van der Waals surface area contributed by atoms with Gasteiger partial charge in [-0.2, -0.15) is 13.8 Å². The number of benzene rings is 3. The molecule has 2 heterocycles. The second-order valence-electron chi connectivity index (χ2n) is 9.78. The fourth-order valence-electron chi connectivity index (χ4n) is 4.29. The Kier molecular flexibility index (Phi) is 10.6. The monoisotopic (exact) mass is 730 g/mol. The highest BCUT2D eigenvalue weighted by Gasteiger charge is 2.32. The Hall–Kier alpha value is -3.89. The normalized spacial score (nSPS) is 14.4. The van der Waals surface area contributed by atoms with Crippen LogP contribution in [0.25, 0.3) is 17.1 Å². The van der Waals surface area contributed by atoms with Crippen molar-refractivity contribution in [3.63, 3.8) is 0 Å². The van der Waals surface area contributed by atoms with Gasteiger partial charge in [0.2, 0.25) is 9.70 Å². The van der Waals surface area contributed by atoms with Gasteiger partial charge in [-0.15, -0.1) is 5.10 Å². The van der Waals surface area contributed by atoms with E-state index in [9.17, 15) is 22.8 Å². The fourth-order valence-corrected chi connectivity index (χ4v) is 5.38. The molecule has 0 radical (unpaired) electrons. The van der Waals surface area contributed by atoms with Crippen molar-refractivity contribution in [1.29, 1.82) is 0 Å². The van der Waals surface area contributed by atoms with Gasteiger partial charge in [-0.3, -0.25) is 9.69 Å². The highest BCUT2D eigenvalue weighted by atomic mass is 35.6. The van der Waals surface area contributed by atoms with Crippen LogP contribution in [0.1, 0.15) is 11.1 Å². The molecule has 4 aromatic rings. The van der Waals surface area contributed by atoms with Crippen molar-refractivity contribution in [3.05, 3.63) is 83.7 Å². The minimum atomic E-state index is -3.19. The molecule has 10 nitrogen and oxygen atoms in total. The first-order chi connectivity index (χ1) is 22.3. The van der Waals surface area contributed by atoms with E-state index in [4.69, 9.17) is 39.5 Å². The van der Waals surface area contributed by atoms with Gasteiger partial charge in [-0.05, 0) is 48.9 Å². The van der Waals surface area contributed by atoms with Crippen molar-refractivity contribution in [1.82, 2.24) is 14.8 Å². The Morgan fingerprint density at radius 1 is 1.11 bits per heavy atom. The zero-order valence-corrected chi connectivity index (χ0v) is 27.0. The zero-order valence-electron chi connectivity index (χ0n) is 23.9. The molecule has 1 aromatic heterocycles. The van der Waals surface area contributed by atoms with E-state index in [1.165, 1.54) is 29.4 Å². The number of anilines is 2. The first-order valence-corrected chi connectivity index (χ1v) is 15.4. The molecule has 0 unspecified atom stereocenters. The van der Waals surface area contributed by atoms with Crippen LogP contribution in [-0.4, -0.2) is 54.6 Å². The van der Waals surface area contributed by atoms with Gasteiger partial charge >= 0.3 is 12.6 Å². The largest absolute Gasteiger partial charge is 0.432 e. The van der Waals surface area contributed by atoms with Crippen LogP contribution in [0.5, 0.6) is 5.75 Å². The zero-order chi connectivity index (χ0) is 33.9. The number of carbonyl (C=O) groups is 2. The summed E-state index contributed by atoms with van der Waals surface area (Å²) in [5.74, 6) is -2.79. The number of aryl methyl sites for hydroxylation is 1. The maximum atomic E-state index is 15.1. The standard InChI is InChI=1S/C29H21Cl3F4N6O4S/c1-15-2-3-17(11-45-13-29(30,31)32)22(8-15)42-24(43)12-47-28(42)39-27(44)38-21-6-4-16(9-19(21)33)25-37-14-41(40-25)18-5-7-23(20(34)10-18)46-26(35)36/h2-10,14,26H,11-13H2,1H3,(H,38,44)/b39-28-. The molecule has 18 heteroatoms. The van der Waals surface area contributed by atoms with Gasteiger partial charge in [-0.1, -0.05) is 58.7 Å². The number of ether oxygens (including phenoxy) is 2. The fraction of sp³-hybridized carbons (Fsp3) is 0.207. The van der Waals surface area contributed by atoms with Gasteiger partial charge in [0.05, 0.1) is 36.0 Å². The highest BCUT2D eigenvalue weighted by molar-refractivity contribution is 8.15. The summed E-state index contributed by atoms with van der Waals surface area (Å²) in [4.78, 5) is 35.1. The Labute approximate surface area is 283 Å². The second-order valence-corrected chi connectivity index (χ2v) is 13.2. The lowest BCUT2D eigenvalue weighted by Crippen LogP contribution is -2.31. The summed E-state index contributed by atoms with van der Waals surface area (Å²) in [7, 11) is 0. The molecule has 0 spiro atoms. The Morgan fingerprint density at radius 3 is 2.60 bits per heavy atom. The lowest BCUT2D eigenvalue weighted by atomic mass is 10.1. The number of nitrogens with zero attached hydrogens (tertiary/aromatic N) is 5. The first kappa shape index (κ1) is 34.4. The van der Waals surface area contributed by atoms with Gasteiger partial charge in [0.25, 0.3) is 0 Å². The molecule has 0 bridgehead atoms. The maximum absolute atomic E-state index is 15.1. The molecule has 1 saturated heterocycles. The lowest BCUT2D eigenvalue weighted by Gasteiger charge is -2.21. The number of nitrogens with one attached hydrogen (secondary N) is 1. The van der Waals surface area contributed by atoms with Crippen molar-refractivity contribution in [3.8, 4) is 22.8 Å². The third-order valence-electron chi connectivity index (χ3n) is 6.32. The molecule has 1 aliphatic heterocycles. The van der Waals surface area contributed by atoms with Crippen molar-refractivity contribution < 1.29 is 36.6 Å². The SMILES string of the molecule is Cc1ccc(COCC(Cl)(Cl)Cl)c(N2C(=O)CS/C2=N\C(=O)Nc2ccc(-c3ncn(-c4ccc(OC(F)F)c(F)c4)n3)cc2F)c1. The van der Waals surface area contributed by atoms with Crippen LogP contribution in [0.4, 0.5) is 33.7 Å². The third kappa shape index (κ3) is 8.73. The van der Waals surface area contributed by atoms with Gasteiger partial charge in [-0.25, -0.2) is 23.2 Å². The van der Waals surface area contributed by atoms with E-state index in [2.05, 4.69) is 25.1 Å². The molecule has 1 fully saturated rings. The predicted molar refractivity (Wildman–Crippen MR) is 171 cm³/mol. The molecule has 246 valence electrons. The van der Waals surface area contributed by atoms with Crippen LogP contribution in [0.2, 0.25) is 0 Å². The van der Waals surface area contributed by atoms with E-state index >= 15 is 4.39 Å². The van der Waals surface area contributed by atoms with Crippen LogP contribution < -0.4 is 15.0 Å². The Morgan fingerprint density at radius 2 is 1.89 bits per heavy atom. The van der Waals surface area contributed by atoms with Crippen molar-refractivity contribution in [2.24, 2.45) is 4.99 Å². The smallest absolute Gasteiger partial charge is 0.387 e. The summed E-state index contributed by atoms with van der Waals surface area (Å²) in [5.41, 5.74) is 1.99. The van der Waals surface area contributed by atoms with E-state index in [0.29, 0.717) is 11.3 Å². The summed E-state index contributed by atoms with van der Waals surface area (Å²) in [5, 5.41) is 6.60. The number of hydrogen-bond acceptors (Lipinski definition) is 7. The molecule has 0 atom stereocenters. The molecule has 3 aromatic carbocycles. The summed E-state index contributed by atoms with van der Waals surface area (Å²) < 4.78 is 63.2. The van der Waals surface area contributed by atoms with Crippen molar-refractivity contribution >= 4 is 75.0 Å². The molecule has 1 N–H and O–H groups in total. The average Bonchev–Trinajstić information content (AvgIpc) is 3.62. The Balaban J connectivity index is 1.30. The summed E-state index contributed by atoms with van der Waals surface area (Å²) in [6.07, 6.45) is 1.22. The van der Waals surface area contributed by atoms with Gasteiger partial charge in [0, 0.05) is 17.2 Å². The van der Waals surface area contributed by atoms with Gasteiger partial charge < -0.3 is 14.8 Å². The molecular formula is C29H21Cl3F4N6O4S. The summed E-state index contributed by atoms with van der Waals surface area (Å²) in [6.45, 7) is -1.57. The number of carbonyl (C=O) groups excluding carboxylic acids is 2. The number of urea groups is 1. The number of amides is 3. The summed E-state index contributed by atoms with van der Waals surface area (Å²) >= 11 is 18.3. The van der Waals surface area contributed by atoms with Gasteiger partial charge in [0.15, 0.2) is 22.6 Å². The van der Waals surface area contributed by atoms with E-state index in [0.717, 1.165) is 40.2 Å². The maximum Gasteiger partial charge on any atom is 0.387 e. The number of alkyl halides is 5. The molecule has 47 heavy (non-hydrogen) atoms. The Bertz CT molecular complexity index is 1860. The first-order valence-electron chi connectivity index (χ1n) is 13.3. The topological polar surface area (TPSA) is 111 Å². The van der Waals surface area contributed by atoms with Crippen LogP contribution >= 0.6 is 46.6 Å². The molecule has 0 aliphatic carbocycles. The number of amidine groups is 1. The number of aliphatic imine (C=N–C) groups is 1. The number of hydrogen-bond donors (Lipinski definition) is 1. The predicted octanol–water partition coefficient (Wildman–Crippen LogP) is 7.68. The van der Waals surface area contributed by atoms with E-state index in [-0.39, 0.29) is 52.8 Å². The van der Waals surface area contributed by atoms with Crippen LogP contribution in [0.15, 0.2) is 65.9 Å². The van der Waals surface area contributed by atoms with E-state index in [1.807, 2.05) is 13.0 Å². The molecule has 3 amide bonds. The van der Waals surface area contributed by atoms with Crippen molar-refractivity contribution in [2.45, 2.75) is 23.9 Å². The minimum Gasteiger partial charge on any atom is -0.432 e. The summed E-state index contributed by atoms with van der Waals surface area (Å²) in [6, 6.07) is 11.3. The number of rotatable bonds is 9. The molecule has 1 aliphatic rings. The second kappa shape index (κ2) is 14.5. The average molecular weight is 732 g/mol. The van der Waals surface area contributed by atoms with Crippen molar-refractivity contribution in [2.75, 3.05) is 22.6 Å². The lowest BCUT2D eigenvalue weighted by molar-refractivity contribution is -0.115. The van der Waals surface area contributed by atoms with Gasteiger partial charge in [0.1, 0.15) is 12.1 Å². The number of aromatic nitrogens is 3. The van der Waals surface area contributed by atoms with E-state index < -0.39 is 33.8 Å². The number of halogens is 7. The molecular weight excluding hydrogens is 711 g/mol. The van der Waals surface area contributed by atoms with E-state index in [1.54, 1.807) is 12.1 Å². The molecule has 5 rings (SSSR count). The number of thioether (sulfide) groups is 1. The van der Waals surface area contributed by atoms with Crippen LogP contribution in [0.3, 0.4) is 0 Å². The quantitative estimate of drug-likeness (QED) is 0.139. The minimum absolute atomic E-state index is 0.00152. The third-order valence-corrected chi connectivity index (χ3v) is 7.58.